The van der Waals surface area contributed by atoms with Gasteiger partial charge < -0.3 is 14.6 Å². The average Bonchev–Trinajstić information content (AvgIpc) is 3.21. The van der Waals surface area contributed by atoms with E-state index in [-0.39, 0.29) is 17.8 Å². The highest BCUT2D eigenvalue weighted by Crippen LogP contribution is 2.47. The molecule has 1 saturated heterocycles. The van der Waals surface area contributed by atoms with Crippen LogP contribution in [0.25, 0.3) is 11.4 Å². The molecule has 2 aromatic rings. The van der Waals surface area contributed by atoms with Crippen molar-refractivity contribution in [2.75, 3.05) is 20.2 Å². The van der Waals surface area contributed by atoms with Crippen LogP contribution in [-0.4, -0.2) is 30.3 Å². The summed E-state index contributed by atoms with van der Waals surface area (Å²) in [4.78, 5) is 4.69. The van der Waals surface area contributed by atoms with E-state index in [4.69, 9.17) is 14.2 Å². The molecule has 1 aromatic carbocycles. The third kappa shape index (κ3) is 2.29. The number of nitrogens with one attached hydrogen (secondary N) is 1. The van der Waals surface area contributed by atoms with Crippen molar-refractivity contribution in [2.45, 2.75) is 24.7 Å². The summed E-state index contributed by atoms with van der Waals surface area (Å²) in [6.07, 6.45) is 3.66. The van der Waals surface area contributed by atoms with Gasteiger partial charge in [-0.1, -0.05) is 11.6 Å². The van der Waals surface area contributed by atoms with Crippen LogP contribution in [0.1, 0.15) is 25.2 Å². The van der Waals surface area contributed by atoms with E-state index in [1.165, 1.54) is 12.8 Å². The number of rotatable bonds is 3. The largest absolute Gasteiger partial charge is 0.497 e. The van der Waals surface area contributed by atoms with Crippen molar-refractivity contribution in [3.05, 3.63) is 30.2 Å². The highest BCUT2D eigenvalue weighted by atomic mass is 35.5. The second kappa shape index (κ2) is 5.89. The van der Waals surface area contributed by atoms with Gasteiger partial charge in [0.1, 0.15) is 5.75 Å². The second-order valence-corrected chi connectivity index (χ2v) is 6.03. The lowest BCUT2D eigenvalue weighted by molar-refractivity contribution is 0.265. The number of hydrogen-bond acceptors (Lipinski definition) is 5. The summed E-state index contributed by atoms with van der Waals surface area (Å²) in [5.41, 5.74) is 1.03. The van der Waals surface area contributed by atoms with Gasteiger partial charge in [0.15, 0.2) is 0 Å². The molecule has 4 rings (SSSR count). The van der Waals surface area contributed by atoms with Crippen LogP contribution in [0.4, 0.5) is 0 Å². The summed E-state index contributed by atoms with van der Waals surface area (Å²) >= 11 is 0. The Balaban J connectivity index is 0.00000144. The third-order valence-electron chi connectivity index (χ3n) is 4.99. The Morgan fingerprint density at radius 2 is 2.14 bits per heavy atom. The number of benzene rings is 1. The number of hydrogen-bond donors (Lipinski definition) is 1. The van der Waals surface area contributed by atoms with Crippen molar-refractivity contribution in [1.82, 2.24) is 15.5 Å². The van der Waals surface area contributed by atoms with E-state index in [1.54, 1.807) is 7.11 Å². The van der Waals surface area contributed by atoms with E-state index in [1.807, 2.05) is 24.3 Å². The summed E-state index contributed by atoms with van der Waals surface area (Å²) < 4.78 is 10.8. The van der Waals surface area contributed by atoms with E-state index < -0.39 is 0 Å². The van der Waals surface area contributed by atoms with Crippen molar-refractivity contribution in [1.29, 1.82) is 0 Å². The molecule has 0 radical (unpaired) electrons. The number of fused-ring (bicyclic) bond motifs is 1. The number of methoxy groups -OCH3 is 1. The number of halogens is 1. The van der Waals surface area contributed by atoms with E-state index in [0.717, 1.165) is 36.7 Å². The summed E-state index contributed by atoms with van der Waals surface area (Å²) in [6.45, 7) is 2.03. The minimum Gasteiger partial charge on any atom is -0.497 e. The molecule has 2 fully saturated rings. The molecule has 2 aliphatic rings. The Bertz CT molecular complexity index is 631. The lowest BCUT2D eigenvalue weighted by atomic mass is 9.80. The molecular formula is C16H20ClN3O2. The second-order valence-electron chi connectivity index (χ2n) is 6.03. The zero-order chi connectivity index (χ0) is 14.3. The summed E-state index contributed by atoms with van der Waals surface area (Å²) in [7, 11) is 1.66. The van der Waals surface area contributed by atoms with Crippen LogP contribution >= 0.6 is 12.4 Å². The zero-order valence-corrected chi connectivity index (χ0v) is 13.4. The van der Waals surface area contributed by atoms with Gasteiger partial charge in [-0.15, -0.1) is 12.4 Å². The summed E-state index contributed by atoms with van der Waals surface area (Å²) in [5.74, 6) is 2.94. The van der Waals surface area contributed by atoms with Gasteiger partial charge in [-0.25, -0.2) is 0 Å². The van der Waals surface area contributed by atoms with Gasteiger partial charge >= 0.3 is 0 Å². The first-order valence-electron chi connectivity index (χ1n) is 7.51. The van der Waals surface area contributed by atoms with Crippen molar-refractivity contribution >= 4 is 12.4 Å². The minimum absolute atomic E-state index is 0. The first kappa shape index (κ1) is 15.3. The molecule has 5 nitrogen and oxygen atoms in total. The SMILES string of the molecule is COc1ccc(-c2noc([C@@]34CCC[C@@H]3CNC4)n2)cc1.Cl. The molecular weight excluding hydrogens is 302 g/mol. The van der Waals surface area contributed by atoms with Crippen LogP contribution in [0.5, 0.6) is 5.75 Å². The van der Waals surface area contributed by atoms with Crippen LogP contribution in [-0.2, 0) is 5.41 Å². The van der Waals surface area contributed by atoms with Crippen LogP contribution in [0.3, 0.4) is 0 Å². The average molecular weight is 322 g/mol. The van der Waals surface area contributed by atoms with E-state index >= 15 is 0 Å². The van der Waals surface area contributed by atoms with Gasteiger partial charge in [0.05, 0.1) is 12.5 Å². The van der Waals surface area contributed by atoms with E-state index in [0.29, 0.717) is 11.7 Å². The first-order valence-corrected chi connectivity index (χ1v) is 7.51. The van der Waals surface area contributed by atoms with Gasteiger partial charge in [0.25, 0.3) is 0 Å². The maximum absolute atomic E-state index is 5.63. The van der Waals surface area contributed by atoms with Crippen molar-refractivity contribution in [3.63, 3.8) is 0 Å². The lowest BCUT2D eigenvalue weighted by Crippen LogP contribution is -2.31. The van der Waals surface area contributed by atoms with E-state index in [2.05, 4.69) is 10.5 Å². The molecule has 22 heavy (non-hydrogen) atoms. The lowest BCUT2D eigenvalue weighted by Gasteiger charge is -2.22. The van der Waals surface area contributed by atoms with Gasteiger partial charge in [0, 0.05) is 12.1 Å². The molecule has 1 aliphatic heterocycles. The molecule has 2 atom stereocenters. The molecule has 0 bridgehead atoms. The summed E-state index contributed by atoms with van der Waals surface area (Å²) in [6, 6.07) is 7.76. The Labute approximate surface area is 135 Å². The fourth-order valence-electron chi connectivity index (χ4n) is 3.78. The first-order chi connectivity index (χ1) is 10.3. The van der Waals surface area contributed by atoms with Crippen molar-refractivity contribution in [3.8, 4) is 17.1 Å². The molecule has 0 amide bonds. The third-order valence-corrected chi connectivity index (χ3v) is 4.99. The van der Waals surface area contributed by atoms with E-state index in [9.17, 15) is 0 Å². The smallest absolute Gasteiger partial charge is 0.234 e. The van der Waals surface area contributed by atoms with Crippen LogP contribution in [0, 0.1) is 5.92 Å². The molecule has 2 heterocycles. The molecule has 0 unspecified atom stereocenters. The maximum atomic E-state index is 5.63. The molecule has 1 N–H and O–H groups in total. The number of aromatic nitrogens is 2. The van der Waals surface area contributed by atoms with Gasteiger partial charge in [0.2, 0.25) is 11.7 Å². The standard InChI is InChI=1S/C16H19N3O2.ClH/c1-20-13-6-4-11(5-7-13)14-18-15(21-19-14)16-8-2-3-12(16)9-17-10-16;/h4-7,12,17H,2-3,8-10H2,1H3;1H/t12-,16-;/m1./s1. The normalized spacial score (nSPS) is 26.5. The van der Waals surface area contributed by atoms with Gasteiger partial charge in [-0.2, -0.15) is 4.98 Å². The molecule has 1 saturated carbocycles. The molecule has 118 valence electrons. The zero-order valence-electron chi connectivity index (χ0n) is 12.5. The molecule has 6 heteroatoms. The van der Waals surface area contributed by atoms with Crippen LogP contribution in [0.15, 0.2) is 28.8 Å². The fraction of sp³-hybridized carbons (Fsp3) is 0.500. The minimum atomic E-state index is 0. The number of nitrogens with zero attached hydrogens (tertiary/aromatic N) is 2. The molecule has 1 aromatic heterocycles. The quantitative estimate of drug-likeness (QED) is 0.942. The predicted molar refractivity (Wildman–Crippen MR) is 85.4 cm³/mol. The van der Waals surface area contributed by atoms with Crippen molar-refractivity contribution in [2.24, 2.45) is 5.92 Å². The monoisotopic (exact) mass is 321 g/mol. The van der Waals surface area contributed by atoms with Gasteiger partial charge in [-0.3, -0.25) is 0 Å². The van der Waals surface area contributed by atoms with Crippen LogP contribution in [0.2, 0.25) is 0 Å². The fourth-order valence-corrected chi connectivity index (χ4v) is 3.78. The predicted octanol–water partition coefficient (Wildman–Crippen LogP) is 2.81. The Morgan fingerprint density at radius 3 is 2.91 bits per heavy atom. The molecule has 1 aliphatic carbocycles. The Kier molecular flexibility index (Phi) is 4.10. The van der Waals surface area contributed by atoms with Crippen LogP contribution < -0.4 is 10.1 Å². The highest BCUT2D eigenvalue weighted by Gasteiger charge is 2.51. The highest BCUT2D eigenvalue weighted by molar-refractivity contribution is 5.85. The Morgan fingerprint density at radius 1 is 1.32 bits per heavy atom. The number of ether oxygens (including phenoxy) is 1. The van der Waals surface area contributed by atoms with Gasteiger partial charge in [-0.05, 0) is 49.6 Å². The maximum Gasteiger partial charge on any atom is 0.234 e. The topological polar surface area (TPSA) is 60.2 Å². The van der Waals surface area contributed by atoms with Crippen molar-refractivity contribution < 1.29 is 9.26 Å². The summed E-state index contributed by atoms with van der Waals surface area (Å²) in [5, 5.41) is 7.67. The Hall–Kier alpha value is -1.59. The molecule has 0 spiro atoms.